The van der Waals surface area contributed by atoms with Crippen molar-refractivity contribution >= 4 is 11.9 Å². The lowest BCUT2D eigenvalue weighted by Crippen LogP contribution is -2.44. The Bertz CT molecular complexity index is 628. The molecule has 6 heteroatoms. The summed E-state index contributed by atoms with van der Waals surface area (Å²) in [5.74, 6) is 0.462. The summed E-state index contributed by atoms with van der Waals surface area (Å²) in [5, 5.41) is 3.53. The number of rotatable bonds is 4. The summed E-state index contributed by atoms with van der Waals surface area (Å²) in [6, 6.07) is 1.77. The summed E-state index contributed by atoms with van der Waals surface area (Å²) in [6.45, 7) is 0.754. The maximum atomic E-state index is 13.1. The van der Waals surface area contributed by atoms with E-state index < -0.39 is 11.5 Å². The van der Waals surface area contributed by atoms with Crippen LogP contribution in [0.3, 0.4) is 0 Å². The van der Waals surface area contributed by atoms with Gasteiger partial charge >= 0.3 is 5.97 Å². The number of hydrogen-bond donors (Lipinski definition) is 1. The molecule has 0 bridgehead atoms. The van der Waals surface area contributed by atoms with E-state index in [1.807, 2.05) is 4.90 Å². The molecule has 2 saturated carbocycles. The van der Waals surface area contributed by atoms with Gasteiger partial charge < -0.3 is 14.1 Å². The summed E-state index contributed by atoms with van der Waals surface area (Å²) in [5.41, 5.74) is 0.249. The van der Waals surface area contributed by atoms with E-state index in [-0.39, 0.29) is 17.8 Å². The van der Waals surface area contributed by atoms with Gasteiger partial charge in [0.1, 0.15) is 6.17 Å². The van der Waals surface area contributed by atoms with Crippen LogP contribution >= 0.6 is 0 Å². The molecule has 1 N–H and O–H groups in total. The van der Waals surface area contributed by atoms with Gasteiger partial charge in [0.25, 0.3) is 0 Å². The summed E-state index contributed by atoms with van der Waals surface area (Å²) >= 11 is 0. The number of methoxy groups -OCH3 is 1. The number of carbonyl (C=O) groups is 2. The fourth-order valence-corrected chi connectivity index (χ4v) is 3.94. The standard InChI is InChI=1S/C17H22N2O4/c1-22-15(20)13-12(6-9-23-13)14-18-17(7-2-3-8-17)16(21)19(14)10-11-4-5-11/h6,9,11,14,18H,2-5,7-8,10H2,1H3. The predicted octanol–water partition coefficient (Wildman–Crippen LogP) is 2.22. The minimum Gasteiger partial charge on any atom is -0.463 e. The van der Waals surface area contributed by atoms with Gasteiger partial charge in [0.05, 0.1) is 18.9 Å². The van der Waals surface area contributed by atoms with Crippen LogP contribution in [-0.4, -0.2) is 36.0 Å². The van der Waals surface area contributed by atoms with Gasteiger partial charge in [-0.2, -0.15) is 0 Å². The van der Waals surface area contributed by atoms with Gasteiger partial charge in [-0.25, -0.2) is 4.79 Å². The molecule has 0 aromatic carbocycles. The molecule has 4 rings (SSSR count). The van der Waals surface area contributed by atoms with Crippen molar-refractivity contribution in [2.45, 2.75) is 50.2 Å². The first-order chi connectivity index (χ1) is 11.1. The molecule has 1 unspecified atom stereocenters. The molecule has 1 aromatic rings. The highest BCUT2D eigenvalue weighted by Crippen LogP contribution is 2.43. The van der Waals surface area contributed by atoms with Crippen molar-refractivity contribution in [3.8, 4) is 0 Å². The Labute approximate surface area is 135 Å². The van der Waals surface area contributed by atoms with Gasteiger partial charge in [-0.05, 0) is 37.7 Å². The molecular formula is C17H22N2O4. The fourth-order valence-electron chi connectivity index (χ4n) is 3.94. The first kappa shape index (κ1) is 14.8. The van der Waals surface area contributed by atoms with Gasteiger partial charge in [-0.3, -0.25) is 10.1 Å². The summed E-state index contributed by atoms with van der Waals surface area (Å²) < 4.78 is 10.1. The quantitative estimate of drug-likeness (QED) is 0.862. The SMILES string of the molecule is COC(=O)c1occc1C1NC2(CCCC2)C(=O)N1CC1CC1. The minimum absolute atomic E-state index is 0.184. The van der Waals surface area contributed by atoms with Gasteiger partial charge in [0.2, 0.25) is 11.7 Å². The molecule has 23 heavy (non-hydrogen) atoms. The third-order valence-electron chi connectivity index (χ3n) is 5.36. The second-order valence-corrected chi connectivity index (χ2v) is 6.93. The Balaban J connectivity index is 1.69. The zero-order chi connectivity index (χ0) is 16.0. The fraction of sp³-hybridized carbons (Fsp3) is 0.647. The van der Waals surface area contributed by atoms with E-state index in [0.717, 1.165) is 32.2 Å². The third-order valence-corrected chi connectivity index (χ3v) is 5.36. The van der Waals surface area contributed by atoms with Gasteiger partial charge in [0.15, 0.2) is 0 Å². The summed E-state index contributed by atoms with van der Waals surface area (Å²) in [4.78, 5) is 26.9. The molecule has 2 aliphatic carbocycles. The molecule has 2 heterocycles. The molecule has 1 spiro atoms. The molecule has 6 nitrogen and oxygen atoms in total. The Morgan fingerprint density at radius 2 is 2.17 bits per heavy atom. The number of ether oxygens (including phenoxy) is 1. The second-order valence-electron chi connectivity index (χ2n) is 6.93. The normalized spacial score (nSPS) is 26.2. The molecule has 1 saturated heterocycles. The number of furan rings is 1. The highest BCUT2D eigenvalue weighted by atomic mass is 16.5. The minimum atomic E-state index is -0.502. The summed E-state index contributed by atoms with van der Waals surface area (Å²) in [6.07, 6.45) is 7.42. The van der Waals surface area contributed by atoms with E-state index >= 15 is 0 Å². The van der Waals surface area contributed by atoms with Crippen molar-refractivity contribution in [1.82, 2.24) is 10.2 Å². The van der Waals surface area contributed by atoms with Crippen LogP contribution in [0.2, 0.25) is 0 Å². The number of nitrogens with one attached hydrogen (secondary N) is 1. The molecule has 1 amide bonds. The van der Waals surface area contributed by atoms with Crippen LogP contribution in [0.15, 0.2) is 16.7 Å². The Morgan fingerprint density at radius 1 is 1.43 bits per heavy atom. The van der Waals surface area contributed by atoms with Crippen LogP contribution in [0.4, 0.5) is 0 Å². The zero-order valence-electron chi connectivity index (χ0n) is 13.3. The average molecular weight is 318 g/mol. The van der Waals surface area contributed by atoms with E-state index in [1.165, 1.54) is 26.2 Å². The predicted molar refractivity (Wildman–Crippen MR) is 81.6 cm³/mol. The molecule has 1 aromatic heterocycles. The van der Waals surface area contributed by atoms with Crippen LogP contribution in [-0.2, 0) is 9.53 Å². The van der Waals surface area contributed by atoms with E-state index in [4.69, 9.17) is 9.15 Å². The van der Waals surface area contributed by atoms with E-state index in [1.54, 1.807) is 6.07 Å². The lowest BCUT2D eigenvalue weighted by atomic mass is 9.98. The topological polar surface area (TPSA) is 71.8 Å². The van der Waals surface area contributed by atoms with Crippen molar-refractivity contribution in [3.05, 3.63) is 23.7 Å². The van der Waals surface area contributed by atoms with Crippen molar-refractivity contribution < 1.29 is 18.7 Å². The maximum absolute atomic E-state index is 13.1. The van der Waals surface area contributed by atoms with Crippen LogP contribution in [0.25, 0.3) is 0 Å². The molecular weight excluding hydrogens is 296 g/mol. The van der Waals surface area contributed by atoms with Crippen molar-refractivity contribution in [2.75, 3.05) is 13.7 Å². The van der Waals surface area contributed by atoms with Crippen LogP contribution in [0, 0.1) is 5.92 Å². The number of hydrogen-bond acceptors (Lipinski definition) is 5. The number of carbonyl (C=O) groups excluding carboxylic acids is 2. The molecule has 1 atom stereocenters. The van der Waals surface area contributed by atoms with Gasteiger partial charge in [-0.15, -0.1) is 0 Å². The Kier molecular flexibility index (Phi) is 3.44. The Hall–Kier alpha value is -1.82. The lowest BCUT2D eigenvalue weighted by Gasteiger charge is -2.23. The molecule has 0 radical (unpaired) electrons. The molecule has 1 aliphatic heterocycles. The average Bonchev–Trinajstić information content (AvgIpc) is 2.99. The highest BCUT2D eigenvalue weighted by Gasteiger charge is 2.54. The van der Waals surface area contributed by atoms with Crippen LogP contribution in [0.1, 0.15) is 60.8 Å². The van der Waals surface area contributed by atoms with E-state index in [2.05, 4.69) is 5.32 Å². The molecule has 3 fully saturated rings. The number of nitrogens with zero attached hydrogens (tertiary/aromatic N) is 1. The second kappa shape index (κ2) is 5.37. The first-order valence-corrected chi connectivity index (χ1v) is 8.39. The summed E-state index contributed by atoms with van der Waals surface area (Å²) in [7, 11) is 1.34. The van der Waals surface area contributed by atoms with Crippen molar-refractivity contribution in [2.24, 2.45) is 5.92 Å². The van der Waals surface area contributed by atoms with Gasteiger partial charge in [-0.1, -0.05) is 12.8 Å². The van der Waals surface area contributed by atoms with Crippen LogP contribution in [0.5, 0.6) is 0 Å². The lowest BCUT2D eigenvalue weighted by molar-refractivity contribution is -0.133. The van der Waals surface area contributed by atoms with Crippen molar-refractivity contribution in [3.63, 3.8) is 0 Å². The van der Waals surface area contributed by atoms with Gasteiger partial charge in [0, 0.05) is 12.1 Å². The Morgan fingerprint density at radius 3 is 2.83 bits per heavy atom. The zero-order valence-corrected chi connectivity index (χ0v) is 13.3. The smallest absolute Gasteiger partial charge is 0.374 e. The largest absolute Gasteiger partial charge is 0.463 e. The highest BCUT2D eigenvalue weighted by molar-refractivity contribution is 5.91. The first-order valence-electron chi connectivity index (χ1n) is 8.39. The molecule has 124 valence electrons. The third kappa shape index (κ3) is 2.36. The van der Waals surface area contributed by atoms with E-state index in [9.17, 15) is 9.59 Å². The monoisotopic (exact) mass is 318 g/mol. The number of amides is 1. The number of esters is 1. The van der Waals surface area contributed by atoms with Crippen molar-refractivity contribution in [1.29, 1.82) is 0 Å². The van der Waals surface area contributed by atoms with E-state index in [0.29, 0.717) is 11.5 Å². The maximum Gasteiger partial charge on any atom is 0.374 e. The van der Waals surface area contributed by atoms with Crippen LogP contribution < -0.4 is 5.32 Å². The molecule has 3 aliphatic rings.